The first-order valence-corrected chi connectivity index (χ1v) is 10.9. The summed E-state index contributed by atoms with van der Waals surface area (Å²) in [5.41, 5.74) is 3.00. The molecule has 1 aliphatic rings. The Kier molecular flexibility index (Phi) is 6.27. The lowest BCUT2D eigenvalue weighted by atomic mass is 9.71. The van der Waals surface area contributed by atoms with Crippen molar-refractivity contribution in [3.63, 3.8) is 0 Å². The average Bonchev–Trinajstić information content (AvgIpc) is 3.13. The fraction of sp³-hybridized carbons (Fsp3) is 0.571. The number of nitrogens with zero attached hydrogens (tertiary/aromatic N) is 4. The summed E-state index contributed by atoms with van der Waals surface area (Å²) in [7, 11) is 0. The van der Waals surface area contributed by atoms with Crippen LogP contribution in [0.2, 0.25) is 0 Å². The quantitative estimate of drug-likeness (QED) is 0.592. The van der Waals surface area contributed by atoms with Gasteiger partial charge in [-0.15, -0.1) is 0 Å². The molecule has 0 aromatic carbocycles. The lowest BCUT2D eigenvalue weighted by Gasteiger charge is -2.34. The Morgan fingerprint density at radius 1 is 1.48 bits per heavy atom. The number of fused-ring (bicyclic) bond motifs is 1. The zero-order chi connectivity index (χ0) is 21.2. The van der Waals surface area contributed by atoms with Gasteiger partial charge in [0.1, 0.15) is 11.1 Å². The molecule has 1 unspecified atom stereocenters. The summed E-state index contributed by atoms with van der Waals surface area (Å²) >= 11 is 1.28. The van der Waals surface area contributed by atoms with Crippen molar-refractivity contribution in [2.75, 3.05) is 11.1 Å². The first-order valence-electron chi connectivity index (χ1n) is 9.91. The fourth-order valence-corrected chi connectivity index (χ4v) is 4.21. The summed E-state index contributed by atoms with van der Waals surface area (Å²) in [6.45, 7) is 10.7. The Balaban J connectivity index is 1.66. The first kappa shape index (κ1) is 21.3. The third-order valence-electron chi connectivity index (χ3n) is 5.31. The standard InChI is InChI=1S/C21H27N5O2S/c1-13(2)26-11-19(28-25-26)24-18(27)12-29-20-15(10-22)8-14-9-16(21(3,4)5)6-7-17(14)23-20/h8,11,13,16H,6-7,9,12H2,1-5H3/p+1. The lowest BCUT2D eigenvalue weighted by Crippen LogP contribution is -2.36. The number of amides is 1. The summed E-state index contributed by atoms with van der Waals surface area (Å²) in [4.78, 5) is 17.0. The zero-order valence-corrected chi connectivity index (χ0v) is 18.5. The minimum absolute atomic E-state index is 0.146. The third-order valence-corrected chi connectivity index (χ3v) is 6.30. The predicted molar refractivity (Wildman–Crippen MR) is 110 cm³/mol. The van der Waals surface area contributed by atoms with E-state index in [1.807, 2.05) is 19.9 Å². The maximum absolute atomic E-state index is 12.3. The number of hydrogen-bond donors (Lipinski definition) is 1. The Morgan fingerprint density at radius 2 is 2.24 bits per heavy atom. The van der Waals surface area contributed by atoms with Crippen LogP contribution in [0.3, 0.4) is 0 Å². The molecule has 2 aromatic rings. The molecular weight excluding hydrogens is 386 g/mol. The Morgan fingerprint density at radius 3 is 2.86 bits per heavy atom. The SMILES string of the molecule is CC(C)[n+]1cc(NC(=O)CSc2nc3c(cc2C#N)CC(C(C)(C)C)CC3)on1. The average molecular weight is 415 g/mol. The van der Waals surface area contributed by atoms with Crippen molar-refractivity contribution in [3.8, 4) is 6.07 Å². The first-order chi connectivity index (χ1) is 13.7. The summed E-state index contributed by atoms with van der Waals surface area (Å²) in [6.07, 6.45) is 4.61. The number of carbonyl (C=O) groups excluding carboxylic acids is 1. The molecule has 1 N–H and O–H groups in total. The van der Waals surface area contributed by atoms with Gasteiger partial charge in [0.15, 0.2) is 6.04 Å². The van der Waals surface area contributed by atoms with Crippen molar-refractivity contribution in [2.45, 2.75) is 64.9 Å². The van der Waals surface area contributed by atoms with Gasteiger partial charge >= 0.3 is 5.88 Å². The van der Waals surface area contributed by atoms with Crippen LogP contribution in [-0.4, -0.2) is 21.9 Å². The number of aryl methyl sites for hydroxylation is 1. The second kappa shape index (κ2) is 8.54. The number of pyridine rings is 1. The smallest absolute Gasteiger partial charge is 0.288 e. The normalized spacial score (nSPS) is 16.4. The molecule has 0 radical (unpaired) electrons. The van der Waals surface area contributed by atoms with Crippen LogP contribution in [0.5, 0.6) is 0 Å². The minimum Gasteiger partial charge on any atom is -0.288 e. The van der Waals surface area contributed by atoms with Gasteiger partial charge in [-0.1, -0.05) is 32.5 Å². The fourth-order valence-electron chi connectivity index (χ4n) is 3.44. The molecule has 0 saturated heterocycles. The number of hydrogen-bond acceptors (Lipinski definition) is 6. The topological polar surface area (TPSA) is 95.7 Å². The highest BCUT2D eigenvalue weighted by Gasteiger charge is 2.30. The van der Waals surface area contributed by atoms with Crippen molar-refractivity contribution in [3.05, 3.63) is 29.1 Å². The summed E-state index contributed by atoms with van der Waals surface area (Å²) in [6, 6.07) is 4.35. The van der Waals surface area contributed by atoms with Crippen molar-refractivity contribution in [2.24, 2.45) is 11.3 Å². The largest absolute Gasteiger partial charge is 0.302 e. The molecule has 2 heterocycles. The van der Waals surface area contributed by atoms with E-state index in [1.54, 1.807) is 10.9 Å². The highest BCUT2D eigenvalue weighted by Crippen LogP contribution is 2.38. The van der Waals surface area contributed by atoms with E-state index in [0.29, 0.717) is 22.4 Å². The number of nitriles is 1. The molecule has 1 aliphatic carbocycles. The van der Waals surface area contributed by atoms with E-state index in [2.05, 4.69) is 37.4 Å². The molecule has 3 rings (SSSR count). The van der Waals surface area contributed by atoms with Gasteiger partial charge in [-0.3, -0.25) is 14.6 Å². The molecule has 2 aromatic heterocycles. The van der Waals surface area contributed by atoms with Crippen LogP contribution in [0.1, 0.15) is 63.9 Å². The van der Waals surface area contributed by atoms with Crippen molar-refractivity contribution >= 4 is 23.6 Å². The Hall–Kier alpha value is -2.40. The van der Waals surface area contributed by atoms with E-state index < -0.39 is 0 Å². The van der Waals surface area contributed by atoms with Gasteiger partial charge in [0, 0.05) is 5.69 Å². The van der Waals surface area contributed by atoms with Gasteiger partial charge in [0.2, 0.25) is 11.2 Å². The van der Waals surface area contributed by atoms with E-state index in [1.165, 1.54) is 17.3 Å². The highest BCUT2D eigenvalue weighted by atomic mass is 32.2. The van der Waals surface area contributed by atoms with Crippen LogP contribution in [0.25, 0.3) is 0 Å². The molecule has 8 heteroatoms. The van der Waals surface area contributed by atoms with Gasteiger partial charge in [-0.25, -0.2) is 4.98 Å². The van der Waals surface area contributed by atoms with Gasteiger partial charge < -0.3 is 0 Å². The number of aromatic nitrogens is 3. The molecule has 1 atom stereocenters. The van der Waals surface area contributed by atoms with Gasteiger partial charge in [0.25, 0.3) is 6.20 Å². The van der Waals surface area contributed by atoms with Crippen LogP contribution in [0, 0.1) is 22.7 Å². The second-order valence-corrected chi connectivity index (χ2v) is 9.81. The third kappa shape index (κ3) is 5.15. The van der Waals surface area contributed by atoms with Crippen LogP contribution in [0.4, 0.5) is 5.88 Å². The zero-order valence-electron chi connectivity index (χ0n) is 17.7. The molecule has 0 saturated carbocycles. The van der Waals surface area contributed by atoms with Crippen molar-refractivity contribution in [1.82, 2.24) is 10.3 Å². The molecule has 154 valence electrons. The Labute approximate surface area is 175 Å². The Bertz CT molecular complexity index is 940. The van der Waals surface area contributed by atoms with E-state index in [4.69, 9.17) is 9.51 Å². The van der Waals surface area contributed by atoms with E-state index in [0.717, 1.165) is 25.0 Å². The minimum atomic E-state index is -0.224. The molecule has 0 bridgehead atoms. The maximum Gasteiger partial charge on any atom is 0.302 e. The van der Waals surface area contributed by atoms with Crippen LogP contribution >= 0.6 is 11.8 Å². The monoisotopic (exact) mass is 414 g/mol. The number of rotatable bonds is 5. The van der Waals surface area contributed by atoms with Crippen LogP contribution < -0.4 is 10.00 Å². The van der Waals surface area contributed by atoms with Crippen molar-refractivity contribution < 1.29 is 14.0 Å². The molecule has 7 nitrogen and oxygen atoms in total. The van der Waals surface area contributed by atoms with Gasteiger partial charge in [-0.05, 0) is 60.8 Å². The summed E-state index contributed by atoms with van der Waals surface area (Å²) in [5, 5.41) is 16.7. The summed E-state index contributed by atoms with van der Waals surface area (Å²) < 4.78 is 6.74. The predicted octanol–water partition coefficient (Wildman–Crippen LogP) is 3.69. The molecule has 0 aliphatic heterocycles. The summed E-state index contributed by atoms with van der Waals surface area (Å²) in [5.74, 6) is 0.811. The molecule has 0 spiro atoms. The van der Waals surface area contributed by atoms with Crippen molar-refractivity contribution in [1.29, 1.82) is 5.26 Å². The van der Waals surface area contributed by atoms with Crippen LogP contribution in [0.15, 0.2) is 21.8 Å². The number of nitrogens with one attached hydrogen (secondary N) is 1. The number of anilines is 1. The molecular formula is C21H28N5O2S+. The molecule has 1 amide bonds. The van der Waals surface area contributed by atoms with Gasteiger partial charge in [-0.2, -0.15) is 5.26 Å². The van der Waals surface area contributed by atoms with Gasteiger partial charge in [0.05, 0.1) is 11.3 Å². The van der Waals surface area contributed by atoms with E-state index in [9.17, 15) is 10.1 Å². The molecule has 0 fully saturated rings. The second-order valence-electron chi connectivity index (χ2n) is 8.84. The van der Waals surface area contributed by atoms with E-state index in [-0.39, 0.29) is 23.1 Å². The highest BCUT2D eigenvalue weighted by molar-refractivity contribution is 8.00. The number of carbonyl (C=O) groups is 1. The van der Waals surface area contributed by atoms with Crippen LogP contribution in [-0.2, 0) is 17.6 Å². The van der Waals surface area contributed by atoms with E-state index >= 15 is 0 Å². The lowest BCUT2D eigenvalue weighted by molar-refractivity contribution is -0.779. The number of thioether (sulfide) groups is 1. The maximum atomic E-state index is 12.3. The molecule has 29 heavy (non-hydrogen) atoms.